The van der Waals surface area contributed by atoms with Crippen molar-refractivity contribution in [3.05, 3.63) is 53.3 Å². The zero-order valence-electron chi connectivity index (χ0n) is 18.1. The maximum atomic E-state index is 5.98. The van der Waals surface area contributed by atoms with E-state index in [1.807, 2.05) is 24.1 Å². The van der Waals surface area contributed by atoms with E-state index in [0.29, 0.717) is 13.2 Å². The van der Waals surface area contributed by atoms with Crippen LogP contribution in [-0.4, -0.2) is 65.4 Å². The fourth-order valence-electron chi connectivity index (χ4n) is 3.49. The Labute approximate surface area is 174 Å². The number of hydrogen-bond acceptors (Lipinski definition) is 4. The molecule has 1 aromatic heterocycles. The van der Waals surface area contributed by atoms with E-state index in [2.05, 4.69) is 65.4 Å². The molecule has 1 saturated heterocycles. The van der Waals surface area contributed by atoms with E-state index in [-0.39, 0.29) is 6.10 Å². The fraction of sp³-hybridized carbons (Fsp3) is 0.545. The summed E-state index contributed by atoms with van der Waals surface area (Å²) in [6, 6.07) is 8.73. The van der Waals surface area contributed by atoms with E-state index < -0.39 is 0 Å². The number of benzene rings is 1. The summed E-state index contributed by atoms with van der Waals surface area (Å²) < 4.78 is 7.80. The van der Waals surface area contributed by atoms with Crippen LogP contribution in [0.1, 0.15) is 36.6 Å². The molecule has 2 heterocycles. The highest BCUT2D eigenvalue weighted by atomic mass is 16.5. The first-order valence-corrected chi connectivity index (χ1v) is 10.5. The molecule has 0 aliphatic carbocycles. The highest BCUT2D eigenvalue weighted by Crippen LogP contribution is 2.21. The fourth-order valence-corrected chi connectivity index (χ4v) is 3.49. The van der Waals surface area contributed by atoms with Crippen LogP contribution in [0.5, 0.6) is 0 Å². The number of nitrogens with one attached hydrogen (secondary N) is 1. The zero-order chi connectivity index (χ0) is 20.6. The number of aliphatic imine (C=N–C) groups is 1. The molecule has 1 N–H and O–H groups in total. The number of ether oxygens (including phenoxy) is 1. The summed E-state index contributed by atoms with van der Waals surface area (Å²) in [5.74, 6) is 0.945. The van der Waals surface area contributed by atoms with Gasteiger partial charge in [-0.1, -0.05) is 31.2 Å². The third-order valence-corrected chi connectivity index (χ3v) is 5.19. The Morgan fingerprint density at radius 1 is 1.34 bits per heavy atom. The Kier molecular flexibility index (Phi) is 7.66. The minimum Gasteiger partial charge on any atom is -0.370 e. The standard InChI is InChI=1S/C22H34N6O/c1-5-23-22(24-13-18-8-7-9-19(12-18)15-26(3)6-2)28-10-11-29-21(17-28)20-14-25-27(4)16-20/h7-9,12,14,16,21H,5-6,10-11,13,15,17H2,1-4H3,(H,23,24). The molecular formula is C22H34N6O. The van der Waals surface area contributed by atoms with Crippen LogP contribution < -0.4 is 5.32 Å². The first kappa shape index (κ1) is 21.3. The molecule has 1 unspecified atom stereocenters. The Bertz CT molecular complexity index is 802. The van der Waals surface area contributed by atoms with E-state index in [4.69, 9.17) is 9.73 Å². The average Bonchev–Trinajstić information content (AvgIpc) is 3.18. The largest absolute Gasteiger partial charge is 0.370 e. The van der Waals surface area contributed by atoms with Crippen molar-refractivity contribution < 1.29 is 4.74 Å². The van der Waals surface area contributed by atoms with E-state index >= 15 is 0 Å². The van der Waals surface area contributed by atoms with Crippen molar-refractivity contribution in [3.63, 3.8) is 0 Å². The van der Waals surface area contributed by atoms with Gasteiger partial charge in [-0.15, -0.1) is 0 Å². The Morgan fingerprint density at radius 2 is 2.17 bits per heavy atom. The number of guanidine groups is 1. The molecule has 2 aromatic rings. The molecular weight excluding hydrogens is 364 g/mol. The highest BCUT2D eigenvalue weighted by molar-refractivity contribution is 5.80. The summed E-state index contributed by atoms with van der Waals surface area (Å²) in [4.78, 5) is 9.52. The number of hydrogen-bond donors (Lipinski definition) is 1. The van der Waals surface area contributed by atoms with Crippen molar-refractivity contribution in [1.82, 2.24) is 24.9 Å². The molecule has 7 heteroatoms. The normalized spacial score (nSPS) is 17.8. The molecule has 1 aliphatic heterocycles. The quantitative estimate of drug-likeness (QED) is 0.573. The Morgan fingerprint density at radius 3 is 2.90 bits per heavy atom. The maximum Gasteiger partial charge on any atom is 0.194 e. The minimum atomic E-state index is 0.0224. The van der Waals surface area contributed by atoms with Crippen molar-refractivity contribution in [2.24, 2.45) is 12.0 Å². The smallest absolute Gasteiger partial charge is 0.194 e. The zero-order valence-corrected chi connectivity index (χ0v) is 18.1. The van der Waals surface area contributed by atoms with Gasteiger partial charge in [0.05, 0.1) is 25.9 Å². The Hall–Kier alpha value is -2.38. The summed E-state index contributed by atoms with van der Waals surface area (Å²) in [6.45, 7) is 10.1. The lowest BCUT2D eigenvalue weighted by atomic mass is 10.1. The molecule has 0 radical (unpaired) electrons. The second-order valence-electron chi connectivity index (χ2n) is 7.57. The number of aromatic nitrogens is 2. The maximum absolute atomic E-state index is 5.98. The van der Waals surface area contributed by atoms with Gasteiger partial charge in [-0.25, -0.2) is 4.99 Å². The van der Waals surface area contributed by atoms with Gasteiger partial charge in [0, 0.05) is 38.4 Å². The molecule has 0 spiro atoms. The summed E-state index contributed by atoms with van der Waals surface area (Å²) in [5.41, 5.74) is 3.68. The molecule has 1 fully saturated rings. The van der Waals surface area contributed by atoms with Crippen LogP contribution in [0.2, 0.25) is 0 Å². The molecule has 0 saturated carbocycles. The van der Waals surface area contributed by atoms with Crippen molar-refractivity contribution in [2.45, 2.75) is 33.0 Å². The van der Waals surface area contributed by atoms with Crippen LogP contribution >= 0.6 is 0 Å². The predicted octanol–water partition coefficient (Wildman–Crippen LogP) is 2.41. The van der Waals surface area contributed by atoms with E-state index in [0.717, 1.165) is 44.2 Å². The van der Waals surface area contributed by atoms with Crippen LogP contribution in [0.3, 0.4) is 0 Å². The van der Waals surface area contributed by atoms with Crippen molar-refractivity contribution in [1.29, 1.82) is 0 Å². The first-order chi connectivity index (χ1) is 14.1. The molecule has 1 aliphatic rings. The molecule has 29 heavy (non-hydrogen) atoms. The van der Waals surface area contributed by atoms with Crippen LogP contribution in [-0.2, 0) is 24.9 Å². The van der Waals surface area contributed by atoms with E-state index in [1.165, 1.54) is 11.1 Å². The molecule has 0 amide bonds. The summed E-state index contributed by atoms with van der Waals surface area (Å²) >= 11 is 0. The lowest BCUT2D eigenvalue weighted by molar-refractivity contribution is -0.00805. The van der Waals surface area contributed by atoms with Crippen LogP contribution in [0.15, 0.2) is 41.7 Å². The Balaban J connectivity index is 1.68. The van der Waals surface area contributed by atoms with Gasteiger partial charge in [0.2, 0.25) is 0 Å². The van der Waals surface area contributed by atoms with Crippen LogP contribution in [0.25, 0.3) is 0 Å². The predicted molar refractivity (Wildman–Crippen MR) is 117 cm³/mol. The number of morpholine rings is 1. The molecule has 7 nitrogen and oxygen atoms in total. The minimum absolute atomic E-state index is 0.0224. The number of rotatable bonds is 7. The lowest BCUT2D eigenvalue weighted by Gasteiger charge is -2.34. The highest BCUT2D eigenvalue weighted by Gasteiger charge is 2.25. The van der Waals surface area contributed by atoms with Gasteiger partial charge in [0.15, 0.2) is 5.96 Å². The topological polar surface area (TPSA) is 57.9 Å². The SMILES string of the molecule is CCNC(=NCc1cccc(CN(C)CC)c1)N1CCOC(c2cnn(C)c2)C1. The molecule has 3 rings (SSSR count). The summed E-state index contributed by atoms with van der Waals surface area (Å²) in [6.07, 6.45) is 3.93. The average molecular weight is 399 g/mol. The third kappa shape index (κ3) is 6.05. The van der Waals surface area contributed by atoms with Gasteiger partial charge >= 0.3 is 0 Å². The second-order valence-corrected chi connectivity index (χ2v) is 7.57. The molecule has 1 atom stereocenters. The van der Waals surface area contributed by atoms with Gasteiger partial charge in [-0.3, -0.25) is 4.68 Å². The number of aryl methyl sites for hydroxylation is 1. The van der Waals surface area contributed by atoms with Crippen LogP contribution in [0.4, 0.5) is 0 Å². The van der Waals surface area contributed by atoms with Gasteiger partial charge in [-0.2, -0.15) is 5.10 Å². The van der Waals surface area contributed by atoms with Crippen molar-refractivity contribution in [3.8, 4) is 0 Å². The van der Waals surface area contributed by atoms with Gasteiger partial charge in [0.1, 0.15) is 6.10 Å². The number of nitrogens with zero attached hydrogens (tertiary/aromatic N) is 5. The second kappa shape index (κ2) is 10.4. The van der Waals surface area contributed by atoms with E-state index in [9.17, 15) is 0 Å². The molecule has 158 valence electrons. The molecule has 0 bridgehead atoms. The van der Waals surface area contributed by atoms with E-state index in [1.54, 1.807) is 0 Å². The molecule has 1 aromatic carbocycles. The van der Waals surface area contributed by atoms with Gasteiger partial charge in [0.25, 0.3) is 0 Å². The monoisotopic (exact) mass is 398 g/mol. The third-order valence-electron chi connectivity index (χ3n) is 5.19. The van der Waals surface area contributed by atoms with Crippen LogP contribution in [0, 0.1) is 0 Å². The van der Waals surface area contributed by atoms with Gasteiger partial charge in [-0.05, 0) is 31.6 Å². The van der Waals surface area contributed by atoms with Crippen molar-refractivity contribution in [2.75, 3.05) is 39.8 Å². The lowest BCUT2D eigenvalue weighted by Crippen LogP contribution is -2.48. The van der Waals surface area contributed by atoms with Crippen molar-refractivity contribution >= 4 is 5.96 Å². The van der Waals surface area contributed by atoms with Gasteiger partial charge < -0.3 is 19.9 Å². The summed E-state index contributed by atoms with van der Waals surface area (Å²) in [5, 5.41) is 7.72. The first-order valence-electron chi connectivity index (χ1n) is 10.5. The summed E-state index contributed by atoms with van der Waals surface area (Å²) in [7, 11) is 4.08.